The predicted molar refractivity (Wildman–Crippen MR) is 119 cm³/mol. The van der Waals surface area contributed by atoms with E-state index in [-0.39, 0.29) is 11.7 Å². The van der Waals surface area contributed by atoms with Gasteiger partial charge in [0.25, 0.3) is 0 Å². The van der Waals surface area contributed by atoms with Gasteiger partial charge in [-0.3, -0.25) is 4.79 Å². The van der Waals surface area contributed by atoms with E-state index in [1.165, 1.54) is 17.3 Å². The second-order valence-corrected chi connectivity index (χ2v) is 8.29. The Morgan fingerprint density at radius 3 is 2.62 bits per heavy atom. The molecule has 2 aromatic carbocycles. The van der Waals surface area contributed by atoms with Gasteiger partial charge in [0.05, 0.1) is 11.4 Å². The lowest BCUT2D eigenvalue weighted by Crippen LogP contribution is -2.15. The fraction of sp³-hybridized carbons (Fsp3) is 0.286. The van der Waals surface area contributed by atoms with Gasteiger partial charge in [-0.25, -0.2) is 0 Å². The highest BCUT2D eigenvalue weighted by Gasteiger charge is 2.14. The van der Waals surface area contributed by atoms with E-state index < -0.39 is 0 Å². The molecule has 1 amide bonds. The summed E-state index contributed by atoms with van der Waals surface area (Å²) >= 11 is 4.87. The van der Waals surface area contributed by atoms with Crippen molar-refractivity contribution in [2.45, 2.75) is 39.1 Å². The molecule has 0 aliphatic carbocycles. The zero-order valence-electron chi connectivity index (χ0n) is 16.6. The van der Waals surface area contributed by atoms with Crippen molar-refractivity contribution in [1.82, 2.24) is 14.8 Å². The molecule has 1 N–H and O–H groups in total. The second kappa shape index (κ2) is 9.93. The van der Waals surface area contributed by atoms with Crippen LogP contribution >= 0.6 is 27.7 Å². The number of rotatable bonds is 8. The van der Waals surface area contributed by atoms with E-state index in [0.29, 0.717) is 18.3 Å². The van der Waals surface area contributed by atoms with Crippen LogP contribution in [0, 0.1) is 13.8 Å². The Bertz CT molecular complexity index is 992. The van der Waals surface area contributed by atoms with E-state index in [4.69, 9.17) is 4.74 Å². The van der Waals surface area contributed by atoms with E-state index in [1.807, 2.05) is 67.8 Å². The molecule has 0 unspecified atom stereocenters. The number of aryl methyl sites for hydroxylation is 2. The highest BCUT2D eigenvalue weighted by atomic mass is 79.9. The number of carbonyl (C=O) groups excluding carboxylic acids is 1. The van der Waals surface area contributed by atoms with Crippen molar-refractivity contribution in [2.24, 2.45) is 0 Å². The largest absolute Gasteiger partial charge is 0.486 e. The Hall–Kier alpha value is -2.32. The van der Waals surface area contributed by atoms with Gasteiger partial charge in [0.2, 0.25) is 5.91 Å². The maximum Gasteiger partial charge on any atom is 0.234 e. The summed E-state index contributed by atoms with van der Waals surface area (Å²) < 4.78 is 8.61. The number of benzene rings is 2. The Balaban J connectivity index is 1.59. The molecule has 1 heterocycles. The van der Waals surface area contributed by atoms with Crippen LogP contribution in [-0.4, -0.2) is 26.4 Å². The van der Waals surface area contributed by atoms with Gasteiger partial charge in [-0.05, 0) is 72.1 Å². The molecule has 0 atom stereocenters. The van der Waals surface area contributed by atoms with Gasteiger partial charge >= 0.3 is 0 Å². The first-order valence-corrected chi connectivity index (χ1v) is 11.0. The lowest BCUT2D eigenvalue weighted by Gasteiger charge is -2.11. The molecule has 8 heteroatoms. The number of hydrogen-bond acceptors (Lipinski definition) is 5. The maximum absolute atomic E-state index is 12.4. The average molecular weight is 475 g/mol. The van der Waals surface area contributed by atoms with Crippen LogP contribution in [0.2, 0.25) is 0 Å². The lowest BCUT2D eigenvalue weighted by molar-refractivity contribution is -0.113. The molecule has 3 rings (SSSR count). The van der Waals surface area contributed by atoms with Crippen molar-refractivity contribution in [3.8, 4) is 5.75 Å². The van der Waals surface area contributed by atoms with Gasteiger partial charge in [0, 0.05) is 11.0 Å². The minimum absolute atomic E-state index is 0.0910. The Morgan fingerprint density at radius 1 is 1.17 bits per heavy atom. The van der Waals surface area contributed by atoms with E-state index in [2.05, 4.69) is 31.4 Å². The number of amides is 1. The van der Waals surface area contributed by atoms with Gasteiger partial charge in [0.15, 0.2) is 11.0 Å². The molecule has 0 fully saturated rings. The molecule has 6 nitrogen and oxygen atoms in total. The van der Waals surface area contributed by atoms with Gasteiger partial charge in [-0.2, -0.15) is 0 Å². The first kappa shape index (κ1) is 21.4. The number of carbonyl (C=O) groups is 1. The zero-order valence-corrected chi connectivity index (χ0v) is 19.0. The van der Waals surface area contributed by atoms with E-state index in [1.54, 1.807) is 0 Å². The summed E-state index contributed by atoms with van der Waals surface area (Å²) in [6, 6.07) is 13.6. The summed E-state index contributed by atoms with van der Waals surface area (Å²) in [6.07, 6.45) is 0. The third-order valence-corrected chi connectivity index (χ3v) is 6.03. The molecule has 152 valence electrons. The molecule has 0 aliphatic rings. The number of para-hydroxylation sites is 1. The van der Waals surface area contributed by atoms with Gasteiger partial charge in [-0.15, -0.1) is 10.2 Å². The smallest absolute Gasteiger partial charge is 0.234 e. The topological polar surface area (TPSA) is 69.0 Å². The molecule has 3 aromatic rings. The highest BCUT2D eigenvalue weighted by Crippen LogP contribution is 2.26. The van der Waals surface area contributed by atoms with Crippen molar-refractivity contribution in [2.75, 3.05) is 11.1 Å². The molecule has 0 radical (unpaired) electrons. The Labute approximate surface area is 183 Å². The van der Waals surface area contributed by atoms with Crippen LogP contribution in [0.25, 0.3) is 0 Å². The summed E-state index contributed by atoms with van der Waals surface area (Å²) in [7, 11) is 0. The van der Waals surface area contributed by atoms with Crippen LogP contribution in [0.5, 0.6) is 5.75 Å². The molecule has 1 aromatic heterocycles. The SMILES string of the molecule is CCn1c(COc2ccccc2)nnc1SCC(=O)Nc1cc(C)c(C)cc1Br. The van der Waals surface area contributed by atoms with Crippen molar-refractivity contribution in [1.29, 1.82) is 0 Å². The molecule has 0 saturated heterocycles. The minimum atomic E-state index is -0.0910. The minimum Gasteiger partial charge on any atom is -0.486 e. The molecule has 0 spiro atoms. The molecule has 29 heavy (non-hydrogen) atoms. The molecule has 0 bridgehead atoms. The summed E-state index contributed by atoms with van der Waals surface area (Å²) in [6.45, 7) is 7.11. The van der Waals surface area contributed by atoms with Crippen LogP contribution in [0.15, 0.2) is 52.1 Å². The summed E-state index contributed by atoms with van der Waals surface area (Å²) in [5, 5.41) is 12.1. The summed E-state index contributed by atoms with van der Waals surface area (Å²) in [5.74, 6) is 1.67. The van der Waals surface area contributed by atoms with Gasteiger partial charge < -0.3 is 14.6 Å². The van der Waals surface area contributed by atoms with Crippen molar-refractivity contribution >= 4 is 39.3 Å². The first-order chi connectivity index (χ1) is 14.0. The Morgan fingerprint density at radius 2 is 1.90 bits per heavy atom. The van der Waals surface area contributed by atoms with Crippen molar-refractivity contribution in [3.05, 3.63) is 63.9 Å². The number of halogens is 1. The first-order valence-electron chi connectivity index (χ1n) is 9.27. The zero-order chi connectivity index (χ0) is 20.8. The van der Waals surface area contributed by atoms with E-state index in [0.717, 1.165) is 27.3 Å². The number of nitrogens with zero attached hydrogens (tertiary/aromatic N) is 3. The van der Waals surface area contributed by atoms with Crippen LogP contribution in [0.1, 0.15) is 23.9 Å². The lowest BCUT2D eigenvalue weighted by atomic mass is 10.1. The third kappa shape index (κ3) is 5.61. The number of nitrogens with one attached hydrogen (secondary N) is 1. The standard InChI is InChI=1S/C21H23BrN4O2S/c1-4-26-19(12-28-16-8-6-5-7-9-16)24-25-21(26)29-13-20(27)23-18-11-15(3)14(2)10-17(18)22/h5-11H,4,12-13H2,1-3H3,(H,23,27). The van der Waals surface area contributed by atoms with E-state index >= 15 is 0 Å². The second-order valence-electron chi connectivity index (χ2n) is 6.50. The van der Waals surface area contributed by atoms with Gasteiger partial charge in [0.1, 0.15) is 12.4 Å². The number of hydrogen-bond donors (Lipinski definition) is 1. The van der Waals surface area contributed by atoms with Crippen LogP contribution < -0.4 is 10.1 Å². The van der Waals surface area contributed by atoms with Crippen molar-refractivity contribution < 1.29 is 9.53 Å². The highest BCUT2D eigenvalue weighted by molar-refractivity contribution is 9.10. The third-order valence-electron chi connectivity index (χ3n) is 4.41. The normalized spacial score (nSPS) is 10.8. The molecule has 0 saturated carbocycles. The Kier molecular flexibility index (Phi) is 7.33. The van der Waals surface area contributed by atoms with Gasteiger partial charge in [-0.1, -0.05) is 30.0 Å². The van der Waals surface area contributed by atoms with E-state index in [9.17, 15) is 4.79 Å². The predicted octanol–water partition coefficient (Wildman–Crippen LogP) is 4.99. The maximum atomic E-state index is 12.4. The molecular weight excluding hydrogens is 452 g/mol. The number of anilines is 1. The van der Waals surface area contributed by atoms with Crippen LogP contribution in [0.4, 0.5) is 5.69 Å². The number of aromatic nitrogens is 3. The fourth-order valence-electron chi connectivity index (χ4n) is 2.71. The van der Waals surface area contributed by atoms with Crippen molar-refractivity contribution in [3.63, 3.8) is 0 Å². The number of ether oxygens (including phenoxy) is 1. The summed E-state index contributed by atoms with van der Waals surface area (Å²) in [4.78, 5) is 12.4. The summed E-state index contributed by atoms with van der Waals surface area (Å²) in [5.41, 5.74) is 3.07. The monoisotopic (exact) mass is 474 g/mol. The average Bonchev–Trinajstić information content (AvgIpc) is 3.11. The quantitative estimate of drug-likeness (QED) is 0.465. The van der Waals surface area contributed by atoms with Crippen LogP contribution in [-0.2, 0) is 17.9 Å². The molecular formula is C21H23BrN4O2S. The van der Waals surface area contributed by atoms with Crippen LogP contribution in [0.3, 0.4) is 0 Å². The molecule has 0 aliphatic heterocycles. The fourth-order valence-corrected chi connectivity index (χ4v) is 4.09. The number of thioether (sulfide) groups is 1.